The van der Waals surface area contributed by atoms with Crippen molar-refractivity contribution in [2.75, 3.05) is 25.1 Å². The van der Waals surface area contributed by atoms with Crippen LogP contribution in [-0.2, 0) is 4.79 Å². The molecule has 1 aromatic rings. The molecule has 0 aromatic heterocycles. The predicted molar refractivity (Wildman–Crippen MR) is 65.9 cm³/mol. The summed E-state index contributed by atoms with van der Waals surface area (Å²) in [6.07, 6.45) is 0.156. The Bertz CT molecular complexity index is 431. The summed E-state index contributed by atoms with van der Waals surface area (Å²) < 4.78 is 5.55. The molecule has 1 atom stereocenters. The molecule has 1 unspecified atom stereocenters. The largest absolute Gasteiger partial charge is 0.490 e. The fourth-order valence-corrected chi connectivity index (χ4v) is 2.05. The number of carboxylic acid groups (broad SMARTS) is 1. The van der Waals surface area contributed by atoms with Gasteiger partial charge in [0, 0.05) is 7.05 Å². The number of anilines is 1. The first kappa shape index (κ1) is 11.8. The van der Waals surface area contributed by atoms with Crippen LogP contribution in [0.15, 0.2) is 18.2 Å². The summed E-state index contributed by atoms with van der Waals surface area (Å²) in [5.74, 6) is 0.137. The lowest BCUT2D eigenvalue weighted by molar-refractivity contribution is -0.137. The molecular weight excluding hydrogens is 218 g/mol. The van der Waals surface area contributed by atoms with Gasteiger partial charge in [-0.05, 0) is 23.6 Å². The number of likely N-dealkylation sites (N-methyl/N-ethyl adjacent to an activating group) is 1. The Morgan fingerprint density at radius 2 is 2.35 bits per heavy atom. The van der Waals surface area contributed by atoms with Crippen LogP contribution in [0.2, 0.25) is 0 Å². The van der Waals surface area contributed by atoms with Crippen molar-refractivity contribution in [2.45, 2.75) is 19.3 Å². The first-order valence-corrected chi connectivity index (χ1v) is 5.77. The second-order valence-corrected chi connectivity index (χ2v) is 4.50. The van der Waals surface area contributed by atoms with Crippen molar-refractivity contribution in [1.82, 2.24) is 0 Å². The Morgan fingerprint density at radius 3 is 3.06 bits per heavy atom. The summed E-state index contributed by atoms with van der Waals surface area (Å²) >= 11 is 0. The Labute approximate surface area is 101 Å². The SMILES string of the molecule is CC(CC(=O)O)c1ccc2c(c1)N(C)CCO2. The molecule has 0 saturated carbocycles. The number of rotatable bonds is 3. The molecule has 4 nitrogen and oxygen atoms in total. The van der Waals surface area contributed by atoms with Gasteiger partial charge in [0.05, 0.1) is 18.7 Å². The van der Waals surface area contributed by atoms with Gasteiger partial charge in [-0.2, -0.15) is 0 Å². The zero-order chi connectivity index (χ0) is 12.4. The van der Waals surface area contributed by atoms with Crippen molar-refractivity contribution >= 4 is 11.7 Å². The van der Waals surface area contributed by atoms with E-state index in [0.717, 1.165) is 23.5 Å². The maximum Gasteiger partial charge on any atom is 0.303 e. The summed E-state index contributed by atoms with van der Waals surface area (Å²) in [6.45, 7) is 3.50. The quantitative estimate of drug-likeness (QED) is 0.871. The van der Waals surface area contributed by atoms with Crippen LogP contribution in [0.1, 0.15) is 24.8 Å². The molecule has 1 aliphatic heterocycles. The molecule has 0 fully saturated rings. The van der Waals surface area contributed by atoms with Crippen LogP contribution < -0.4 is 9.64 Å². The van der Waals surface area contributed by atoms with E-state index < -0.39 is 5.97 Å². The Hall–Kier alpha value is -1.71. The summed E-state index contributed by atoms with van der Waals surface area (Å²) in [4.78, 5) is 12.8. The monoisotopic (exact) mass is 235 g/mol. The van der Waals surface area contributed by atoms with E-state index in [-0.39, 0.29) is 12.3 Å². The highest BCUT2D eigenvalue weighted by Crippen LogP contribution is 2.34. The van der Waals surface area contributed by atoms with Crippen LogP contribution in [0, 0.1) is 0 Å². The zero-order valence-electron chi connectivity index (χ0n) is 10.1. The van der Waals surface area contributed by atoms with Gasteiger partial charge in [0.15, 0.2) is 0 Å². The standard InChI is InChI=1S/C13H17NO3/c1-9(7-13(15)16)10-3-4-12-11(8-10)14(2)5-6-17-12/h3-4,8-9H,5-7H2,1-2H3,(H,15,16). The lowest BCUT2D eigenvalue weighted by atomic mass is 9.97. The molecule has 0 saturated heterocycles. The van der Waals surface area contributed by atoms with Crippen LogP contribution in [0.5, 0.6) is 5.75 Å². The van der Waals surface area contributed by atoms with Gasteiger partial charge in [0.25, 0.3) is 0 Å². The van der Waals surface area contributed by atoms with E-state index in [0.29, 0.717) is 6.61 Å². The number of benzene rings is 1. The smallest absolute Gasteiger partial charge is 0.303 e. The topological polar surface area (TPSA) is 49.8 Å². The molecule has 1 heterocycles. The maximum absolute atomic E-state index is 10.7. The third kappa shape index (κ3) is 2.52. The van der Waals surface area contributed by atoms with Crippen LogP contribution >= 0.6 is 0 Å². The number of ether oxygens (including phenoxy) is 1. The van der Waals surface area contributed by atoms with Gasteiger partial charge in [0.2, 0.25) is 0 Å². The Morgan fingerprint density at radius 1 is 1.59 bits per heavy atom. The van der Waals surface area contributed by atoms with Crippen molar-refractivity contribution in [2.24, 2.45) is 0 Å². The zero-order valence-corrected chi connectivity index (χ0v) is 10.1. The molecule has 0 aliphatic carbocycles. The van der Waals surface area contributed by atoms with Crippen LogP contribution in [0.25, 0.3) is 0 Å². The van der Waals surface area contributed by atoms with E-state index in [1.807, 2.05) is 32.2 Å². The fraction of sp³-hybridized carbons (Fsp3) is 0.462. The molecule has 2 rings (SSSR count). The number of hydrogen-bond acceptors (Lipinski definition) is 3. The minimum atomic E-state index is -0.764. The molecule has 17 heavy (non-hydrogen) atoms. The number of carbonyl (C=O) groups is 1. The number of nitrogens with zero attached hydrogens (tertiary/aromatic N) is 1. The predicted octanol–water partition coefficient (Wildman–Crippen LogP) is 2.09. The van der Waals surface area contributed by atoms with Crippen molar-refractivity contribution in [3.63, 3.8) is 0 Å². The van der Waals surface area contributed by atoms with E-state index in [9.17, 15) is 4.79 Å². The highest BCUT2D eigenvalue weighted by Gasteiger charge is 2.17. The molecule has 0 spiro atoms. The van der Waals surface area contributed by atoms with E-state index in [1.165, 1.54) is 0 Å². The average molecular weight is 235 g/mol. The normalized spacial score (nSPS) is 16.0. The summed E-state index contributed by atoms with van der Waals surface area (Å²) in [5.41, 5.74) is 2.09. The maximum atomic E-state index is 10.7. The molecule has 1 N–H and O–H groups in total. The van der Waals surface area contributed by atoms with Crippen LogP contribution in [0.4, 0.5) is 5.69 Å². The van der Waals surface area contributed by atoms with E-state index in [1.54, 1.807) is 0 Å². The first-order chi connectivity index (χ1) is 8.08. The van der Waals surface area contributed by atoms with Gasteiger partial charge in [0.1, 0.15) is 12.4 Å². The van der Waals surface area contributed by atoms with E-state index in [4.69, 9.17) is 9.84 Å². The fourth-order valence-electron chi connectivity index (χ4n) is 2.05. The summed E-state index contributed by atoms with van der Waals surface area (Å²) in [5, 5.41) is 8.80. The van der Waals surface area contributed by atoms with Crippen LogP contribution in [-0.4, -0.2) is 31.3 Å². The van der Waals surface area contributed by atoms with E-state index >= 15 is 0 Å². The van der Waals surface area contributed by atoms with Crippen molar-refractivity contribution in [3.8, 4) is 5.75 Å². The molecule has 0 bridgehead atoms. The van der Waals surface area contributed by atoms with Gasteiger partial charge in [-0.25, -0.2) is 0 Å². The third-order valence-corrected chi connectivity index (χ3v) is 3.13. The van der Waals surface area contributed by atoms with Gasteiger partial charge in [-0.1, -0.05) is 13.0 Å². The first-order valence-electron chi connectivity index (χ1n) is 5.77. The highest BCUT2D eigenvalue weighted by atomic mass is 16.5. The lowest BCUT2D eigenvalue weighted by Crippen LogP contribution is -2.28. The van der Waals surface area contributed by atoms with Gasteiger partial charge in [-0.15, -0.1) is 0 Å². The van der Waals surface area contributed by atoms with Gasteiger partial charge in [-0.3, -0.25) is 4.79 Å². The molecule has 1 aliphatic rings. The number of hydrogen-bond donors (Lipinski definition) is 1. The Balaban J connectivity index is 2.25. The summed E-state index contributed by atoms with van der Waals surface area (Å²) in [6, 6.07) is 5.91. The molecule has 0 amide bonds. The molecule has 1 aromatic carbocycles. The van der Waals surface area contributed by atoms with Gasteiger partial charge >= 0.3 is 5.97 Å². The van der Waals surface area contributed by atoms with Crippen LogP contribution in [0.3, 0.4) is 0 Å². The second-order valence-electron chi connectivity index (χ2n) is 4.50. The minimum Gasteiger partial charge on any atom is -0.490 e. The molecular formula is C13H17NO3. The van der Waals surface area contributed by atoms with Crippen molar-refractivity contribution in [3.05, 3.63) is 23.8 Å². The lowest BCUT2D eigenvalue weighted by Gasteiger charge is -2.28. The highest BCUT2D eigenvalue weighted by molar-refractivity contribution is 5.68. The Kier molecular flexibility index (Phi) is 3.22. The molecule has 92 valence electrons. The van der Waals surface area contributed by atoms with E-state index in [2.05, 4.69) is 4.90 Å². The number of fused-ring (bicyclic) bond motifs is 1. The van der Waals surface area contributed by atoms with Crippen molar-refractivity contribution in [1.29, 1.82) is 0 Å². The summed E-state index contributed by atoms with van der Waals surface area (Å²) in [7, 11) is 2.02. The third-order valence-electron chi connectivity index (χ3n) is 3.13. The molecule has 0 radical (unpaired) electrons. The number of carboxylic acids is 1. The number of aliphatic carboxylic acids is 1. The molecule has 4 heteroatoms. The van der Waals surface area contributed by atoms with Crippen molar-refractivity contribution < 1.29 is 14.6 Å². The average Bonchev–Trinajstić information content (AvgIpc) is 2.28. The van der Waals surface area contributed by atoms with Gasteiger partial charge < -0.3 is 14.7 Å². The second kappa shape index (κ2) is 4.65. The minimum absolute atomic E-state index is 0.0214.